The van der Waals surface area contributed by atoms with Crippen LogP contribution in [0.15, 0.2) is 47.4 Å². The van der Waals surface area contributed by atoms with Gasteiger partial charge in [-0.3, -0.25) is 9.59 Å². The Bertz CT molecular complexity index is 982. The third-order valence-corrected chi connectivity index (χ3v) is 5.46. The Balaban J connectivity index is 2.26. The standard InChI is InChI=1S/C20H23NO6S/c1-13(2)16-9-8-15(12-14(16)3)27-17-6-4-5-7-18(17)28(25,26)21-19(22)10-11-20(23)24/h4-9,12-13H,10-11H2,1-3H3,(H,21,22)(H,23,24). The van der Waals surface area contributed by atoms with Gasteiger partial charge >= 0.3 is 5.97 Å². The number of ether oxygens (including phenoxy) is 1. The quantitative estimate of drug-likeness (QED) is 0.695. The van der Waals surface area contributed by atoms with Gasteiger partial charge in [-0.25, -0.2) is 13.1 Å². The molecule has 0 atom stereocenters. The molecule has 28 heavy (non-hydrogen) atoms. The number of aliphatic carboxylic acids is 1. The first-order chi connectivity index (χ1) is 13.1. The molecule has 8 heteroatoms. The van der Waals surface area contributed by atoms with Crippen LogP contribution in [0.4, 0.5) is 0 Å². The lowest BCUT2D eigenvalue weighted by Crippen LogP contribution is -2.31. The molecule has 0 bridgehead atoms. The fraction of sp³-hybridized carbons (Fsp3) is 0.300. The van der Waals surface area contributed by atoms with E-state index in [0.717, 1.165) is 5.56 Å². The van der Waals surface area contributed by atoms with Gasteiger partial charge in [0.15, 0.2) is 0 Å². The van der Waals surface area contributed by atoms with Gasteiger partial charge in [-0.2, -0.15) is 0 Å². The zero-order valence-corrected chi connectivity index (χ0v) is 16.7. The van der Waals surface area contributed by atoms with Gasteiger partial charge in [0.1, 0.15) is 16.4 Å². The van der Waals surface area contributed by atoms with E-state index in [-0.39, 0.29) is 10.6 Å². The van der Waals surface area contributed by atoms with Crippen molar-refractivity contribution >= 4 is 21.9 Å². The molecule has 0 aliphatic carbocycles. The number of benzene rings is 2. The first-order valence-electron chi connectivity index (χ1n) is 8.75. The van der Waals surface area contributed by atoms with Crippen LogP contribution in [0.5, 0.6) is 11.5 Å². The van der Waals surface area contributed by atoms with E-state index in [0.29, 0.717) is 11.7 Å². The number of carboxylic acid groups (broad SMARTS) is 1. The van der Waals surface area contributed by atoms with Crippen molar-refractivity contribution in [2.45, 2.75) is 44.4 Å². The summed E-state index contributed by atoms with van der Waals surface area (Å²) in [6.07, 6.45) is -0.894. The molecule has 2 rings (SSSR count). The molecule has 0 fully saturated rings. The predicted octanol–water partition coefficient (Wildman–Crippen LogP) is 3.58. The lowest BCUT2D eigenvalue weighted by atomic mass is 9.98. The van der Waals surface area contributed by atoms with Crippen molar-refractivity contribution in [1.29, 1.82) is 0 Å². The molecule has 0 aromatic heterocycles. The van der Waals surface area contributed by atoms with Gasteiger partial charge in [-0.15, -0.1) is 0 Å². The molecule has 2 aromatic rings. The summed E-state index contributed by atoms with van der Waals surface area (Å²) in [7, 11) is -4.21. The molecule has 2 N–H and O–H groups in total. The van der Waals surface area contributed by atoms with Gasteiger partial charge in [0.25, 0.3) is 10.0 Å². The second-order valence-corrected chi connectivity index (χ2v) is 8.30. The molecular formula is C20H23NO6S. The van der Waals surface area contributed by atoms with E-state index in [9.17, 15) is 18.0 Å². The molecule has 150 valence electrons. The minimum Gasteiger partial charge on any atom is -0.481 e. The molecule has 2 aromatic carbocycles. The Morgan fingerprint density at radius 2 is 1.79 bits per heavy atom. The number of aryl methyl sites for hydroxylation is 1. The molecule has 0 heterocycles. The zero-order chi connectivity index (χ0) is 20.9. The fourth-order valence-corrected chi connectivity index (χ4v) is 3.86. The van der Waals surface area contributed by atoms with Gasteiger partial charge < -0.3 is 9.84 Å². The van der Waals surface area contributed by atoms with Crippen molar-refractivity contribution in [3.63, 3.8) is 0 Å². The van der Waals surface area contributed by atoms with Crippen LogP contribution in [-0.4, -0.2) is 25.4 Å². The summed E-state index contributed by atoms with van der Waals surface area (Å²) >= 11 is 0. The third-order valence-electron chi connectivity index (χ3n) is 4.04. The Labute approximate surface area is 164 Å². The first-order valence-corrected chi connectivity index (χ1v) is 10.2. The summed E-state index contributed by atoms with van der Waals surface area (Å²) in [4.78, 5) is 22.1. The largest absolute Gasteiger partial charge is 0.481 e. The molecule has 0 spiro atoms. The summed E-state index contributed by atoms with van der Waals surface area (Å²) in [5, 5.41) is 8.61. The molecule has 0 saturated heterocycles. The smallest absolute Gasteiger partial charge is 0.303 e. The van der Waals surface area contributed by atoms with Crippen molar-refractivity contribution in [3.05, 3.63) is 53.6 Å². The fourth-order valence-electron chi connectivity index (χ4n) is 2.72. The Morgan fingerprint density at radius 1 is 1.11 bits per heavy atom. The maximum Gasteiger partial charge on any atom is 0.303 e. The first kappa shape index (κ1) is 21.4. The molecule has 7 nitrogen and oxygen atoms in total. The highest BCUT2D eigenvalue weighted by Crippen LogP contribution is 2.31. The van der Waals surface area contributed by atoms with Gasteiger partial charge in [0.2, 0.25) is 5.91 Å². The maximum atomic E-state index is 12.5. The van der Waals surface area contributed by atoms with Crippen molar-refractivity contribution in [1.82, 2.24) is 4.72 Å². The summed E-state index contributed by atoms with van der Waals surface area (Å²) in [6, 6.07) is 11.5. The van der Waals surface area contributed by atoms with Crippen LogP contribution in [0.3, 0.4) is 0 Å². The molecule has 0 aliphatic heterocycles. The molecule has 1 amide bonds. The number of carboxylic acids is 1. The minimum atomic E-state index is -4.21. The van der Waals surface area contributed by atoms with Crippen molar-refractivity contribution in [2.24, 2.45) is 0 Å². The number of carbonyl (C=O) groups is 2. The highest BCUT2D eigenvalue weighted by atomic mass is 32.2. The highest BCUT2D eigenvalue weighted by Gasteiger charge is 2.22. The van der Waals surface area contributed by atoms with E-state index >= 15 is 0 Å². The molecular weight excluding hydrogens is 382 g/mol. The maximum absolute atomic E-state index is 12.5. The van der Waals surface area contributed by atoms with Gasteiger partial charge in [-0.1, -0.05) is 32.0 Å². The molecule has 0 radical (unpaired) electrons. The van der Waals surface area contributed by atoms with Gasteiger partial charge in [0.05, 0.1) is 6.42 Å². The molecule has 0 aliphatic rings. The van der Waals surface area contributed by atoms with E-state index in [1.807, 2.05) is 23.8 Å². The zero-order valence-electron chi connectivity index (χ0n) is 15.9. The van der Waals surface area contributed by atoms with Crippen molar-refractivity contribution in [2.75, 3.05) is 0 Å². The lowest BCUT2D eigenvalue weighted by Gasteiger charge is -2.15. The van der Waals surface area contributed by atoms with E-state index in [1.165, 1.54) is 23.8 Å². The monoisotopic (exact) mass is 405 g/mol. The van der Waals surface area contributed by atoms with Crippen LogP contribution in [0.1, 0.15) is 43.7 Å². The van der Waals surface area contributed by atoms with E-state index in [1.54, 1.807) is 12.1 Å². The third kappa shape index (κ3) is 5.56. The Hall–Kier alpha value is -2.87. The number of para-hydroxylation sites is 1. The van der Waals surface area contributed by atoms with Gasteiger partial charge in [-0.05, 0) is 48.2 Å². The van der Waals surface area contributed by atoms with E-state index < -0.39 is 34.7 Å². The summed E-state index contributed by atoms with van der Waals surface area (Å²) in [5.41, 5.74) is 2.19. The number of nitrogens with one attached hydrogen (secondary N) is 1. The molecule has 0 unspecified atom stereocenters. The number of hydrogen-bond donors (Lipinski definition) is 2. The van der Waals surface area contributed by atoms with E-state index in [2.05, 4.69) is 13.8 Å². The van der Waals surface area contributed by atoms with Gasteiger partial charge in [0, 0.05) is 6.42 Å². The summed E-state index contributed by atoms with van der Waals surface area (Å²) in [6.45, 7) is 6.11. The number of carbonyl (C=O) groups excluding carboxylic acids is 1. The number of amides is 1. The van der Waals surface area contributed by atoms with Crippen LogP contribution in [-0.2, 0) is 19.6 Å². The number of rotatable bonds is 8. The number of sulfonamides is 1. The topological polar surface area (TPSA) is 110 Å². The van der Waals surface area contributed by atoms with Crippen LogP contribution < -0.4 is 9.46 Å². The summed E-state index contributed by atoms with van der Waals surface area (Å²) in [5.74, 6) is -1.19. The van der Waals surface area contributed by atoms with E-state index in [4.69, 9.17) is 9.84 Å². The predicted molar refractivity (Wildman–Crippen MR) is 104 cm³/mol. The second kappa shape index (κ2) is 8.88. The van der Waals surface area contributed by atoms with Crippen LogP contribution >= 0.6 is 0 Å². The normalized spacial score (nSPS) is 11.3. The highest BCUT2D eigenvalue weighted by molar-refractivity contribution is 7.90. The second-order valence-electron chi connectivity index (χ2n) is 6.64. The lowest BCUT2D eigenvalue weighted by molar-refractivity contribution is -0.138. The number of hydrogen-bond acceptors (Lipinski definition) is 5. The molecule has 0 saturated carbocycles. The average molecular weight is 405 g/mol. The minimum absolute atomic E-state index is 0.0673. The van der Waals surface area contributed by atoms with Crippen molar-refractivity contribution in [3.8, 4) is 11.5 Å². The van der Waals surface area contributed by atoms with Crippen LogP contribution in [0, 0.1) is 6.92 Å². The Morgan fingerprint density at radius 3 is 2.39 bits per heavy atom. The Kier molecular flexibility index (Phi) is 6.80. The summed E-state index contributed by atoms with van der Waals surface area (Å²) < 4.78 is 32.7. The SMILES string of the molecule is Cc1cc(Oc2ccccc2S(=O)(=O)NC(=O)CCC(=O)O)ccc1C(C)C. The van der Waals surface area contributed by atoms with Crippen LogP contribution in [0.25, 0.3) is 0 Å². The average Bonchev–Trinajstić information content (AvgIpc) is 2.59. The van der Waals surface area contributed by atoms with Crippen molar-refractivity contribution < 1.29 is 27.9 Å². The van der Waals surface area contributed by atoms with Crippen LogP contribution in [0.2, 0.25) is 0 Å².